The highest BCUT2D eigenvalue weighted by Gasteiger charge is 2.16. The normalized spacial score (nSPS) is 11.1. The Balaban J connectivity index is 1.51. The predicted molar refractivity (Wildman–Crippen MR) is 121 cm³/mol. The number of hydrogen-bond donors (Lipinski definition) is 0. The molecule has 0 aliphatic rings. The van der Waals surface area contributed by atoms with E-state index in [4.69, 9.17) is 21.3 Å². The Labute approximate surface area is 184 Å². The zero-order valence-electron chi connectivity index (χ0n) is 16.6. The minimum atomic E-state index is -0.0136. The number of carbonyl (C=O) groups excluding carboxylic acids is 1. The SMILES string of the molecule is COCC(=O)N(CCc1csc2nc(-c3ccc(Cl)cc3)cn12)Cc1ccccc1. The second kappa shape index (κ2) is 9.43. The first-order valence-electron chi connectivity index (χ1n) is 9.66. The van der Waals surface area contributed by atoms with E-state index in [0.717, 1.165) is 33.9 Å². The summed E-state index contributed by atoms with van der Waals surface area (Å²) in [6, 6.07) is 17.7. The first kappa shape index (κ1) is 20.6. The Morgan fingerprint density at radius 3 is 2.67 bits per heavy atom. The van der Waals surface area contributed by atoms with Crippen LogP contribution in [0, 0.1) is 0 Å². The van der Waals surface area contributed by atoms with Crippen LogP contribution in [0.5, 0.6) is 0 Å². The van der Waals surface area contributed by atoms with Crippen molar-refractivity contribution in [3.8, 4) is 11.3 Å². The van der Waals surface area contributed by atoms with Crippen LogP contribution in [0.4, 0.5) is 0 Å². The number of methoxy groups -OCH3 is 1. The van der Waals surface area contributed by atoms with Gasteiger partial charge >= 0.3 is 0 Å². The Morgan fingerprint density at radius 1 is 1.17 bits per heavy atom. The summed E-state index contributed by atoms with van der Waals surface area (Å²) in [5.41, 5.74) is 4.18. The van der Waals surface area contributed by atoms with Crippen molar-refractivity contribution in [3.63, 3.8) is 0 Å². The molecule has 0 radical (unpaired) electrons. The van der Waals surface area contributed by atoms with Crippen LogP contribution in [-0.2, 0) is 22.5 Å². The summed E-state index contributed by atoms with van der Waals surface area (Å²) in [6.45, 7) is 1.26. The zero-order chi connectivity index (χ0) is 20.9. The summed E-state index contributed by atoms with van der Waals surface area (Å²) in [7, 11) is 1.55. The molecule has 4 rings (SSSR count). The summed E-state index contributed by atoms with van der Waals surface area (Å²) in [4.78, 5) is 20.1. The first-order chi connectivity index (χ1) is 14.6. The number of aromatic nitrogens is 2. The van der Waals surface area contributed by atoms with E-state index in [1.807, 2.05) is 65.7 Å². The number of carbonyl (C=O) groups is 1. The lowest BCUT2D eigenvalue weighted by Crippen LogP contribution is -2.35. The van der Waals surface area contributed by atoms with Crippen LogP contribution < -0.4 is 0 Å². The summed E-state index contributed by atoms with van der Waals surface area (Å²) in [5, 5.41) is 2.81. The molecule has 0 aliphatic heterocycles. The van der Waals surface area contributed by atoms with Gasteiger partial charge in [-0.1, -0.05) is 54.1 Å². The molecule has 0 N–H and O–H groups in total. The van der Waals surface area contributed by atoms with Gasteiger partial charge in [-0.15, -0.1) is 11.3 Å². The van der Waals surface area contributed by atoms with E-state index in [9.17, 15) is 4.79 Å². The van der Waals surface area contributed by atoms with Crippen LogP contribution in [0.15, 0.2) is 66.2 Å². The molecule has 0 spiro atoms. The second-order valence-corrected chi connectivity index (χ2v) is 8.27. The van der Waals surface area contributed by atoms with Crippen LogP contribution in [-0.4, -0.2) is 40.5 Å². The van der Waals surface area contributed by atoms with Crippen molar-refractivity contribution in [1.82, 2.24) is 14.3 Å². The molecule has 2 heterocycles. The Kier molecular flexibility index (Phi) is 6.47. The molecule has 154 valence electrons. The fourth-order valence-corrected chi connectivity index (χ4v) is 4.36. The molecule has 0 bridgehead atoms. The van der Waals surface area contributed by atoms with Crippen LogP contribution in [0.25, 0.3) is 16.2 Å². The number of rotatable bonds is 8. The van der Waals surface area contributed by atoms with Gasteiger partial charge in [0.15, 0.2) is 4.96 Å². The van der Waals surface area contributed by atoms with Gasteiger partial charge in [0, 0.05) is 54.5 Å². The monoisotopic (exact) mass is 439 g/mol. The average molecular weight is 440 g/mol. The minimum absolute atomic E-state index is 0.0136. The van der Waals surface area contributed by atoms with Gasteiger partial charge in [-0.3, -0.25) is 9.20 Å². The third-order valence-corrected chi connectivity index (χ3v) is 6.04. The summed E-state index contributed by atoms with van der Waals surface area (Å²) in [6.07, 6.45) is 2.78. The van der Waals surface area contributed by atoms with E-state index in [-0.39, 0.29) is 12.5 Å². The van der Waals surface area contributed by atoms with Gasteiger partial charge in [0.25, 0.3) is 0 Å². The highest BCUT2D eigenvalue weighted by molar-refractivity contribution is 7.15. The van der Waals surface area contributed by atoms with Crippen molar-refractivity contribution in [3.05, 3.63) is 82.5 Å². The Bertz CT molecular complexity index is 1120. The number of thiazole rings is 1. The summed E-state index contributed by atoms with van der Waals surface area (Å²) >= 11 is 7.60. The largest absolute Gasteiger partial charge is 0.375 e. The maximum Gasteiger partial charge on any atom is 0.248 e. The highest BCUT2D eigenvalue weighted by Crippen LogP contribution is 2.25. The fraction of sp³-hybridized carbons (Fsp3) is 0.217. The molecule has 5 nitrogen and oxygen atoms in total. The van der Waals surface area contributed by atoms with Crippen molar-refractivity contribution in [2.45, 2.75) is 13.0 Å². The molecule has 1 amide bonds. The van der Waals surface area contributed by atoms with E-state index in [2.05, 4.69) is 9.78 Å². The number of halogens is 1. The molecular formula is C23H22ClN3O2S. The van der Waals surface area contributed by atoms with Crippen LogP contribution >= 0.6 is 22.9 Å². The van der Waals surface area contributed by atoms with E-state index in [1.54, 1.807) is 18.4 Å². The molecule has 0 atom stereocenters. The lowest BCUT2D eigenvalue weighted by Gasteiger charge is -2.22. The molecule has 2 aromatic carbocycles. The van der Waals surface area contributed by atoms with E-state index < -0.39 is 0 Å². The topological polar surface area (TPSA) is 46.8 Å². The van der Waals surface area contributed by atoms with Crippen molar-refractivity contribution in [1.29, 1.82) is 0 Å². The number of imidazole rings is 1. The first-order valence-corrected chi connectivity index (χ1v) is 10.9. The van der Waals surface area contributed by atoms with Crippen LogP contribution in [0.1, 0.15) is 11.3 Å². The maximum absolute atomic E-state index is 12.6. The van der Waals surface area contributed by atoms with Gasteiger partial charge in [0.05, 0.1) is 5.69 Å². The van der Waals surface area contributed by atoms with Crippen LogP contribution in [0.2, 0.25) is 5.02 Å². The highest BCUT2D eigenvalue weighted by atomic mass is 35.5. The van der Waals surface area contributed by atoms with E-state index in [1.165, 1.54) is 0 Å². The maximum atomic E-state index is 12.6. The number of benzene rings is 2. The van der Waals surface area contributed by atoms with Crippen molar-refractivity contribution >= 4 is 33.8 Å². The van der Waals surface area contributed by atoms with Gasteiger partial charge in [0.2, 0.25) is 5.91 Å². The van der Waals surface area contributed by atoms with Gasteiger partial charge in [-0.05, 0) is 17.7 Å². The van der Waals surface area contributed by atoms with Gasteiger partial charge in [0.1, 0.15) is 6.61 Å². The van der Waals surface area contributed by atoms with Crippen molar-refractivity contribution < 1.29 is 9.53 Å². The van der Waals surface area contributed by atoms with Gasteiger partial charge in [-0.2, -0.15) is 0 Å². The van der Waals surface area contributed by atoms with Gasteiger partial charge < -0.3 is 9.64 Å². The quantitative estimate of drug-likeness (QED) is 0.391. The predicted octanol–water partition coefficient (Wildman–Crippen LogP) is 4.93. The zero-order valence-corrected chi connectivity index (χ0v) is 18.2. The molecular weight excluding hydrogens is 418 g/mol. The number of nitrogens with zero attached hydrogens (tertiary/aromatic N) is 3. The van der Waals surface area contributed by atoms with Crippen molar-refractivity contribution in [2.75, 3.05) is 20.3 Å². The molecule has 0 saturated carbocycles. The average Bonchev–Trinajstić information content (AvgIpc) is 3.34. The molecule has 30 heavy (non-hydrogen) atoms. The molecule has 0 fully saturated rings. The summed E-state index contributed by atoms with van der Waals surface area (Å²) in [5.74, 6) is -0.0136. The summed E-state index contributed by atoms with van der Waals surface area (Å²) < 4.78 is 7.18. The molecule has 2 aromatic heterocycles. The Morgan fingerprint density at radius 2 is 1.93 bits per heavy atom. The minimum Gasteiger partial charge on any atom is -0.375 e. The number of fused-ring (bicyclic) bond motifs is 1. The number of amides is 1. The smallest absolute Gasteiger partial charge is 0.248 e. The van der Waals surface area contributed by atoms with Crippen LogP contribution in [0.3, 0.4) is 0 Å². The van der Waals surface area contributed by atoms with E-state index >= 15 is 0 Å². The number of hydrogen-bond acceptors (Lipinski definition) is 4. The molecule has 0 unspecified atom stereocenters. The third kappa shape index (κ3) is 4.73. The third-order valence-electron chi connectivity index (χ3n) is 4.90. The molecule has 0 aliphatic carbocycles. The van der Waals surface area contributed by atoms with Gasteiger partial charge in [-0.25, -0.2) is 4.98 Å². The molecule has 4 aromatic rings. The lowest BCUT2D eigenvalue weighted by atomic mass is 10.2. The van der Waals surface area contributed by atoms with Crippen molar-refractivity contribution in [2.24, 2.45) is 0 Å². The molecule has 0 saturated heterocycles. The van der Waals surface area contributed by atoms with E-state index in [0.29, 0.717) is 18.1 Å². The Hall–Kier alpha value is -2.67. The standard InChI is InChI=1S/C23H22ClN3O2S/c1-29-15-22(28)26(13-17-5-3-2-4-6-17)12-11-20-16-30-23-25-21(14-27(20)23)18-7-9-19(24)10-8-18/h2-10,14,16H,11-13,15H2,1H3. The fourth-order valence-electron chi connectivity index (χ4n) is 3.33. The number of ether oxygens (including phenoxy) is 1. The lowest BCUT2D eigenvalue weighted by molar-refractivity contribution is -0.135. The second-order valence-electron chi connectivity index (χ2n) is 7.00. The molecule has 7 heteroatoms.